The van der Waals surface area contributed by atoms with Crippen LogP contribution >= 0.6 is 34.9 Å². The van der Waals surface area contributed by atoms with Crippen molar-refractivity contribution in [3.63, 3.8) is 0 Å². The van der Waals surface area contributed by atoms with E-state index in [1.807, 2.05) is 32.7 Å². The maximum atomic E-state index is 12.5. The van der Waals surface area contributed by atoms with E-state index in [1.165, 1.54) is 4.90 Å². The summed E-state index contributed by atoms with van der Waals surface area (Å²) in [5, 5.41) is 22.1. The summed E-state index contributed by atoms with van der Waals surface area (Å²) in [6, 6.07) is -0.300. The number of halogens is 3. The van der Waals surface area contributed by atoms with Crippen LogP contribution in [0.1, 0.15) is 18.7 Å². The van der Waals surface area contributed by atoms with Gasteiger partial charge in [0.2, 0.25) is 15.8 Å². The molecule has 2 N–H and O–H groups in total. The van der Waals surface area contributed by atoms with Gasteiger partial charge < -0.3 is 19.7 Å². The second-order valence-electron chi connectivity index (χ2n) is 8.05. The highest BCUT2D eigenvalue weighted by atomic mass is 32.2. The minimum atomic E-state index is -6.09. The monoisotopic (exact) mass is 589 g/mol. The average molecular weight is 590 g/mol. The fourth-order valence-electron chi connectivity index (χ4n) is 4.51. The summed E-state index contributed by atoms with van der Waals surface area (Å²) in [5.74, 6) is -2.10. The van der Waals surface area contributed by atoms with Gasteiger partial charge in [-0.3, -0.25) is 4.79 Å². The van der Waals surface area contributed by atoms with Gasteiger partial charge in [0.05, 0.1) is 30.0 Å². The molecular weight excluding hydrogens is 567 g/mol. The molecule has 0 aromatic carbocycles. The molecule has 2 aromatic heterocycles. The Labute approximate surface area is 216 Å². The van der Waals surface area contributed by atoms with Crippen LogP contribution in [0.3, 0.4) is 0 Å². The van der Waals surface area contributed by atoms with Crippen molar-refractivity contribution in [2.45, 2.75) is 41.7 Å². The number of imidazole rings is 1. The maximum Gasteiger partial charge on any atom is 0.485 e. The topological polar surface area (TPSA) is 144 Å². The minimum Gasteiger partial charge on any atom is -0.741 e. The van der Waals surface area contributed by atoms with Crippen LogP contribution in [0.5, 0.6) is 0 Å². The lowest BCUT2D eigenvalue weighted by atomic mass is 9.77. The Morgan fingerprint density at radius 1 is 1.31 bits per heavy atom. The largest absolute Gasteiger partial charge is 0.741 e. The number of aliphatic hydroxyl groups excluding tert-OH is 1. The van der Waals surface area contributed by atoms with Crippen molar-refractivity contribution >= 4 is 67.3 Å². The molecule has 200 valence electrons. The molecule has 0 spiro atoms. The quantitative estimate of drug-likeness (QED) is 0.176. The number of carboxylic acid groups (broad SMARTS) is 1. The van der Waals surface area contributed by atoms with E-state index in [2.05, 4.69) is 8.97 Å². The molecule has 4 heterocycles. The highest BCUT2D eigenvalue weighted by molar-refractivity contribution is 7.99. The van der Waals surface area contributed by atoms with Crippen LogP contribution in [0.25, 0.3) is 10.4 Å². The van der Waals surface area contributed by atoms with E-state index in [-0.39, 0.29) is 23.6 Å². The number of aliphatic carboxylic acids is 1. The van der Waals surface area contributed by atoms with Gasteiger partial charge in [-0.15, -0.1) is 0 Å². The van der Waals surface area contributed by atoms with Gasteiger partial charge in [0, 0.05) is 11.5 Å². The Morgan fingerprint density at radius 3 is 2.28 bits per heavy atom. The molecule has 0 unspecified atom stereocenters. The maximum absolute atomic E-state index is 12.5. The fourth-order valence-corrected chi connectivity index (χ4v) is 7.56. The molecule has 4 rings (SSSR count). The van der Waals surface area contributed by atoms with Crippen molar-refractivity contribution in [1.82, 2.24) is 9.47 Å². The number of hydrogen-bond donors (Lipinski definition) is 2. The summed E-state index contributed by atoms with van der Waals surface area (Å²) < 4.78 is 63.1. The third kappa shape index (κ3) is 4.53. The zero-order valence-corrected chi connectivity index (χ0v) is 22.7. The summed E-state index contributed by atoms with van der Waals surface area (Å²) in [6.07, 6.45) is 5.22. The van der Waals surface area contributed by atoms with Crippen molar-refractivity contribution in [2.75, 3.05) is 12.5 Å². The zero-order valence-electron chi connectivity index (χ0n) is 19.4. The predicted octanol–water partition coefficient (Wildman–Crippen LogP) is 1.97. The number of carbonyl (C=O) groups is 2. The number of carboxylic acids is 1. The van der Waals surface area contributed by atoms with Gasteiger partial charge in [0.15, 0.2) is 10.1 Å². The lowest BCUT2D eigenvalue weighted by Gasteiger charge is -2.46. The molecule has 1 fully saturated rings. The van der Waals surface area contributed by atoms with Crippen LogP contribution in [0.15, 0.2) is 22.1 Å². The smallest absolute Gasteiger partial charge is 0.485 e. The molecule has 0 radical (unpaired) electrons. The first-order valence-electron chi connectivity index (χ1n) is 10.1. The van der Waals surface area contributed by atoms with E-state index in [1.54, 1.807) is 41.8 Å². The minimum absolute atomic E-state index is 0.0599. The Bertz CT molecular complexity index is 1320. The van der Waals surface area contributed by atoms with Crippen molar-refractivity contribution in [1.29, 1.82) is 0 Å². The van der Waals surface area contributed by atoms with Gasteiger partial charge in [-0.2, -0.15) is 17.6 Å². The number of β-lactam (4-membered cyclic amide) rings is 1. The second kappa shape index (κ2) is 9.83. The molecule has 1 saturated heterocycles. The molecule has 10 nitrogen and oxygen atoms in total. The third-order valence-corrected chi connectivity index (χ3v) is 9.47. The van der Waals surface area contributed by atoms with E-state index in [0.29, 0.717) is 5.57 Å². The number of thioether (sulfide) groups is 2. The summed E-state index contributed by atoms with van der Waals surface area (Å²) in [4.78, 5) is 27.9. The SMILES string of the molecule is CSc1c2sc(C3=C(C(=O)O)N4C(=O)[C@H]([C@@H](C)O)[C@H]4[C@H]3C)c[n+]2c(SC)n1C.O=S(=O)([O-])C(F)(F)F. The van der Waals surface area contributed by atoms with Gasteiger partial charge in [-0.1, -0.05) is 30.0 Å². The van der Waals surface area contributed by atoms with Crippen LogP contribution in [-0.2, 0) is 26.8 Å². The van der Waals surface area contributed by atoms with Crippen LogP contribution in [0.2, 0.25) is 0 Å². The lowest BCUT2D eigenvalue weighted by Crippen LogP contribution is -2.63. The molecule has 36 heavy (non-hydrogen) atoms. The van der Waals surface area contributed by atoms with Gasteiger partial charge in [0.1, 0.15) is 11.9 Å². The number of aliphatic hydroxyl groups is 1. The molecule has 2 aromatic rings. The van der Waals surface area contributed by atoms with Crippen molar-refractivity contribution in [3.05, 3.63) is 16.8 Å². The van der Waals surface area contributed by atoms with E-state index < -0.39 is 33.6 Å². The number of fused-ring (bicyclic) bond motifs is 2. The van der Waals surface area contributed by atoms with E-state index in [0.717, 1.165) is 19.9 Å². The first kappa shape index (κ1) is 28.8. The van der Waals surface area contributed by atoms with Gasteiger partial charge in [-0.25, -0.2) is 17.8 Å². The number of amides is 1. The molecule has 17 heteroatoms. The Balaban J connectivity index is 0.000000392. The fraction of sp³-hybridized carbons (Fsp3) is 0.526. The summed E-state index contributed by atoms with van der Waals surface area (Å²) >= 11 is 4.83. The van der Waals surface area contributed by atoms with Crippen molar-refractivity contribution in [3.8, 4) is 0 Å². The predicted molar refractivity (Wildman–Crippen MR) is 125 cm³/mol. The number of nitrogens with zero attached hydrogens (tertiary/aromatic N) is 3. The van der Waals surface area contributed by atoms with Crippen LogP contribution in [0.4, 0.5) is 13.2 Å². The number of alkyl halides is 3. The van der Waals surface area contributed by atoms with Crippen LogP contribution in [-0.4, -0.2) is 74.7 Å². The number of carbonyl (C=O) groups excluding carboxylic acids is 1. The van der Waals surface area contributed by atoms with Crippen molar-refractivity contribution < 1.29 is 50.3 Å². The summed E-state index contributed by atoms with van der Waals surface area (Å²) in [5.41, 5.74) is -4.90. The molecule has 0 aliphatic carbocycles. The van der Waals surface area contributed by atoms with Crippen LogP contribution in [0, 0.1) is 11.8 Å². The first-order valence-corrected chi connectivity index (χ1v) is 14.8. The van der Waals surface area contributed by atoms with Gasteiger partial charge in [-0.05, 0) is 31.2 Å². The first-order chi connectivity index (χ1) is 16.5. The normalized spacial score (nSPS) is 22.9. The standard InChI is InChI=1S/C18H21N3O4S3.CHF3O3S/c1-7-10(13(17(24)25)21-12(7)11(8(2)22)14(21)23)9-6-20-16(28-9)15(26-4)19(3)18(20)27-5;2-1(3,4)8(5,6)7/h6-8,11-12,22H,1-5H3;(H,5,6,7)/t7-,8+,11+,12+;/m0./s1. The molecule has 2 aliphatic rings. The Hall–Kier alpha value is -1.79. The van der Waals surface area contributed by atoms with E-state index in [4.69, 9.17) is 13.0 Å². The zero-order chi connectivity index (χ0) is 27.5. The highest BCUT2D eigenvalue weighted by Gasteiger charge is 2.60. The highest BCUT2D eigenvalue weighted by Crippen LogP contribution is 2.51. The average Bonchev–Trinajstić information content (AvgIpc) is 3.32. The molecule has 0 saturated carbocycles. The van der Waals surface area contributed by atoms with Crippen molar-refractivity contribution in [2.24, 2.45) is 18.9 Å². The second-order valence-corrected chi connectivity index (χ2v) is 12.0. The molecule has 4 atom stereocenters. The molecular formula is C19H22F3N3O7S4. The van der Waals surface area contributed by atoms with Gasteiger partial charge in [0.25, 0.3) is 0 Å². The van der Waals surface area contributed by atoms with E-state index >= 15 is 0 Å². The molecule has 1 amide bonds. The summed E-state index contributed by atoms with van der Waals surface area (Å²) in [6.45, 7) is 3.54. The number of aromatic nitrogens is 2. The Kier molecular flexibility index (Phi) is 7.86. The van der Waals surface area contributed by atoms with Crippen LogP contribution < -0.4 is 4.40 Å². The third-order valence-electron chi connectivity index (χ3n) is 5.95. The summed E-state index contributed by atoms with van der Waals surface area (Å²) in [7, 11) is -4.07. The molecule has 2 aliphatic heterocycles. The van der Waals surface area contributed by atoms with E-state index in [9.17, 15) is 33.0 Å². The lowest BCUT2D eigenvalue weighted by molar-refractivity contribution is -0.553. The van der Waals surface area contributed by atoms with Gasteiger partial charge >= 0.3 is 16.6 Å². The molecule has 0 bridgehead atoms. The Morgan fingerprint density at radius 2 is 1.86 bits per heavy atom. The number of thiazole rings is 1. The number of hydrogen-bond acceptors (Lipinski definition) is 9. The number of rotatable bonds is 5.